The Morgan fingerprint density at radius 1 is 1.86 bits per heavy atom. The zero-order chi connectivity index (χ0) is 5.70. The van der Waals surface area contributed by atoms with Crippen LogP contribution in [0.3, 0.4) is 0 Å². The lowest BCUT2D eigenvalue weighted by molar-refractivity contribution is -0.0271. The highest BCUT2D eigenvalue weighted by molar-refractivity contribution is 4.65. The number of hydrogen-bond acceptors (Lipinski definition) is 0. The van der Waals surface area contributed by atoms with Gasteiger partial charge in [0, 0.05) is 6.42 Å². The van der Waals surface area contributed by atoms with Crippen LogP contribution < -0.4 is 0 Å². The summed E-state index contributed by atoms with van der Waals surface area (Å²) in [4.78, 5) is 0. The van der Waals surface area contributed by atoms with E-state index in [1.807, 2.05) is 0 Å². The number of halogens is 1. The van der Waals surface area contributed by atoms with E-state index in [1.165, 1.54) is 6.08 Å². The molecule has 0 heterocycles. The monoisotopic (exact) mass is 103 g/mol. The average molecular weight is 103 g/mol. The molecule has 7 heavy (non-hydrogen) atoms. The first-order valence-corrected chi connectivity index (χ1v) is 2.18. The first-order valence-electron chi connectivity index (χ1n) is 2.18. The van der Waals surface area contributed by atoms with Crippen molar-refractivity contribution in [2.24, 2.45) is 0 Å². The maximum absolute atomic E-state index is 11.3. The van der Waals surface area contributed by atoms with E-state index in [0.717, 1.165) is 0 Å². The Morgan fingerprint density at radius 2 is 2.43 bits per heavy atom. The molecule has 2 heteroatoms. The van der Waals surface area contributed by atoms with Gasteiger partial charge in [-0.3, -0.25) is 0 Å². The van der Waals surface area contributed by atoms with Gasteiger partial charge in [-0.2, -0.15) is 5.11 Å². The van der Waals surface area contributed by atoms with E-state index >= 15 is 0 Å². The Hall–Kier alpha value is -0.370. The molecule has 0 rings (SSSR count). The SMILES string of the molecule is C=CCCC([O])F. The topological polar surface area (TPSA) is 19.9 Å². The Kier molecular flexibility index (Phi) is 3.61. The fourth-order valence-electron chi connectivity index (χ4n) is 0.249. The van der Waals surface area contributed by atoms with Crippen LogP contribution in [0.15, 0.2) is 12.7 Å². The van der Waals surface area contributed by atoms with E-state index in [-0.39, 0.29) is 6.42 Å². The predicted octanol–water partition coefficient (Wildman–Crippen LogP) is 1.68. The largest absolute Gasteiger partial charge is 0.231 e. The highest BCUT2D eigenvalue weighted by Crippen LogP contribution is 1.97. The van der Waals surface area contributed by atoms with Crippen molar-refractivity contribution in [3.63, 3.8) is 0 Å². The average Bonchev–Trinajstić information content (AvgIpc) is 1.61. The summed E-state index contributed by atoms with van der Waals surface area (Å²) in [7, 11) is 0. The second kappa shape index (κ2) is 3.81. The van der Waals surface area contributed by atoms with Gasteiger partial charge < -0.3 is 0 Å². The molecule has 0 aromatic rings. The molecule has 0 amide bonds. The second-order valence-electron chi connectivity index (χ2n) is 1.28. The normalized spacial score (nSPS) is 13.4. The highest BCUT2D eigenvalue weighted by atomic mass is 19.1. The van der Waals surface area contributed by atoms with Gasteiger partial charge in [0.05, 0.1) is 0 Å². The second-order valence-corrected chi connectivity index (χ2v) is 1.28. The van der Waals surface area contributed by atoms with Crippen LogP contribution in [-0.4, -0.2) is 6.36 Å². The van der Waals surface area contributed by atoms with Gasteiger partial charge in [-0.05, 0) is 6.42 Å². The Balaban J connectivity index is 2.81. The first-order chi connectivity index (χ1) is 3.27. The van der Waals surface area contributed by atoms with E-state index in [0.29, 0.717) is 6.42 Å². The summed E-state index contributed by atoms with van der Waals surface area (Å²) >= 11 is 0. The van der Waals surface area contributed by atoms with Crippen molar-refractivity contribution in [1.29, 1.82) is 0 Å². The van der Waals surface area contributed by atoms with E-state index < -0.39 is 6.36 Å². The quantitative estimate of drug-likeness (QED) is 0.484. The fraction of sp³-hybridized carbons (Fsp3) is 0.600. The van der Waals surface area contributed by atoms with Crippen LogP contribution in [0.25, 0.3) is 0 Å². The van der Waals surface area contributed by atoms with Crippen LogP contribution >= 0.6 is 0 Å². The van der Waals surface area contributed by atoms with Crippen molar-refractivity contribution in [2.45, 2.75) is 19.2 Å². The first kappa shape index (κ1) is 6.63. The maximum atomic E-state index is 11.3. The minimum Gasteiger partial charge on any atom is -0.213 e. The van der Waals surface area contributed by atoms with Crippen molar-refractivity contribution >= 4 is 0 Å². The van der Waals surface area contributed by atoms with E-state index in [9.17, 15) is 9.50 Å². The molecule has 0 saturated heterocycles. The molecule has 0 aromatic carbocycles. The molecule has 0 saturated carbocycles. The van der Waals surface area contributed by atoms with Gasteiger partial charge in [0.25, 0.3) is 0 Å². The number of hydrogen-bond donors (Lipinski definition) is 0. The van der Waals surface area contributed by atoms with Crippen molar-refractivity contribution < 1.29 is 9.50 Å². The van der Waals surface area contributed by atoms with E-state index in [2.05, 4.69) is 6.58 Å². The van der Waals surface area contributed by atoms with E-state index in [1.54, 1.807) is 0 Å². The summed E-state index contributed by atoms with van der Waals surface area (Å²) in [5.74, 6) is 0. The summed E-state index contributed by atoms with van der Waals surface area (Å²) in [6.45, 7) is 3.33. The molecule has 0 fully saturated rings. The third kappa shape index (κ3) is 5.63. The van der Waals surface area contributed by atoms with Crippen LogP contribution in [0.5, 0.6) is 0 Å². The summed E-state index contributed by atoms with van der Waals surface area (Å²) < 4.78 is 11.3. The zero-order valence-corrected chi connectivity index (χ0v) is 4.06. The molecule has 41 valence electrons. The number of rotatable bonds is 3. The molecule has 1 radical (unpaired) electrons. The van der Waals surface area contributed by atoms with Crippen LogP contribution in [-0.2, 0) is 5.11 Å². The molecule has 0 bridgehead atoms. The number of alkyl halides is 1. The third-order valence-electron chi connectivity index (χ3n) is 0.598. The third-order valence-corrected chi connectivity index (χ3v) is 0.598. The van der Waals surface area contributed by atoms with Gasteiger partial charge in [0.2, 0.25) is 6.36 Å². The van der Waals surface area contributed by atoms with E-state index in [4.69, 9.17) is 0 Å². The van der Waals surface area contributed by atoms with Gasteiger partial charge in [-0.15, -0.1) is 6.58 Å². The van der Waals surface area contributed by atoms with Crippen LogP contribution in [0.2, 0.25) is 0 Å². The maximum Gasteiger partial charge on any atom is 0.231 e. The lowest BCUT2D eigenvalue weighted by atomic mass is 10.3. The molecule has 0 aromatic heterocycles. The summed E-state index contributed by atoms with van der Waals surface area (Å²) in [6.07, 6.45) is 0.150. The molecule has 1 nitrogen and oxygen atoms in total. The van der Waals surface area contributed by atoms with Crippen LogP contribution in [0, 0.1) is 0 Å². The number of allylic oxidation sites excluding steroid dienone is 1. The van der Waals surface area contributed by atoms with Gasteiger partial charge in [-0.25, -0.2) is 4.39 Å². The molecule has 0 aliphatic heterocycles. The molecular formula is C5H8FO. The Labute approximate surface area is 42.5 Å². The van der Waals surface area contributed by atoms with Crippen molar-refractivity contribution in [3.8, 4) is 0 Å². The Bertz CT molecular complexity index is 52.0. The minimum absolute atomic E-state index is 0.0590. The lowest BCUT2D eigenvalue weighted by Crippen LogP contribution is -1.91. The van der Waals surface area contributed by atoms with Crippen molar-refractivity contribution in [2.75, 3.05) is 0 Å². The Morgan fingerprint density at radius 3 is 2.57 bits per heavy atom. The molecule has 0 aliphatic rings. The smallest absolute Gasteiger partial charge is 0.213 e. The fourth-order valence-corrected chi connectivity index (χ4v) is 0.249. The van der Waals surface area contributed by atoms with Gasteiger partial charge in [0.15, 0.2) is 0 Å². The molecule has 0 N–H and O–H groups in total. The lowest BCUT2D eigenvalue weighted by Gasteiger charge is -1.89. The molecule has 0 aliphatic carbocycles. The zero-order valence-electron chi connectivity index (χ0n) is 4.06. The molecule has 1 atom stereocenters. The minimum atomic E-state index is -1.92. The molecule has 1 unspecified atom stereocenters. The summed E-state index contributed by atoms with van der Waals surface area (Å²) in [5.41, 5.74) is 0. The standard InChI is InChI=1S/C5H8FO/c1-2-3-4-5(6)7/h2,5H,1,3-4H2. The van der Waals surface area contributed by atoms with Crippen molar-refractivity contribution in [1.82, 2.24) is 0 Å². The van der Waals surface area contributed by atoms with Gasteiger partial charge in [0.1, 0.15) is 0 Å². The highest BCUT2D eigenvalue weighted by Gasteiger charge is 1.96. The van der Waals surface area contributed by atoms with Crippen LogP contribution in [0.4, 0.5) is 4.39 Å². The predicted molar refractivity (Wildman–Crippen MR) is 25.0 cm³/mol. The van der Waals surface area contributed by atoms with Gasteiger partial charge >= 0.3 is 0 Å². The van der Waals surface area contributed by atoms with Gasteiger partial charge in [-0.1, -0.05) is 6.08 Å². The summed E-state index contributed by atoms with van der Waals surface area (Å²) in [5, 5.41) is 9.57. The summed E-state index contributed by atoms with van der Waals surface area (Å²) in [6, 6.07) is 0. The van der Waals surface area contributed by atoms with Crippen molar-refractivity contribution in [3.05, 3.63) is 12.7 Å². The molecule has 0 spiro atoms. The van der Waals surface area contributed by atoms with Crippen LogP contribution in [0.1, 0.15) is 12.8 Å². The molecular weight excluding hydrogens is 95.1 g/mol.